The third-order valence-corrected chi connectivity index (χ3v) is 1.44. The second kappa shape index (κ2) is 3.99. The first kappa shape index (κ1) is 9.99. The van der Waals surface area contributed by atoms with E-state index in [9.17, 15) is 9.90 Å². The van der Waals surface area contributed by atoms with Crippen LogP contribution in [0.25, 0.3) is 0 Å². The van der Waals surface area contributed by atoms with E-state index < -0.39 is 5.60 Å². The van der Waals surface area contributed by atoms with Crippen molar-refractivity contribution in [3.05, 3.63) is 0 Å². The highest BCUT2D eigenvalue weighted by molar-refractivity contribution is 5.46. The van der Waals surface area contributed by atoms with Crippen LogP contribution in [-0.2, 0) is 4.79 Å². The first-order valence-electron chi connectivity index (χ1n) is 3.37. The summed E-state index contributed by atoms with van der Waals surface area (Å²) in [4.78, 5) is 11.5. The van der Waals surface area contributed by atoms with Gasteiger partial charge in [0.05, 0.1) is 0 Å². The summed E-state index contributed by atoms with van der Waals surface area (Å²) in [5.74, 6) is 2.23. The van der Waals surface area contributed by atoms with E-state index in [1.165, 1.54) is 4.90 Å². The fourth-order valence-electron chi connectivity index (χ4n) is 0.519. The van der Waals surface area contributed by atoms with Crippen LogP contribution in [0.4, 0.5) is 0 Å². The van der Waals surface area contributed by atoms with Crippen LogP contribution in [0, 0.1) is 12.3 Å². The van der Waals surface area contributed by atoms with Crippen molar-refractivity contribution in [3.8, 4) is 12.3 Å². The van der Waals surface area contributed by atoms with Crippen LogP contribution in [0.5, 0.6) is 0 Å². The van der Waals surface area contributed by atoms with E-state index >= 15 is 0 Å². The predicted octanol–water partition coefficient (Wildman–Crippen LogP) is -0.151. The van der Waals surface area contributed by atoms with Gasteiger partial charge in [0.1, 0.15) is 5.60 Å². The highest BCUT2D eigenvalue weighted by atomic mass is 16.3. The van der Waals surface area contributed by atoms with Gasteiger partial charge in [0.25, 0.3) is 0 Å². The standard InChI is InChI=1S/C8H13NO2/c1-4-8(2,11)5-6-9(3)7-10/h1,7,11H,5-6H2,2-3H3. The molecule has 0 spiro atoms. The van der Waals surface area contributed by atoms with Crippen LogP contribution in [0.2, 0.25) is 0 Å². The number of carbonyl (C=O) groups is 1. The molecule has 1 unspecified atom stereocenters. The molecule has 3 heteroatoms. The second-order valence-corrected chi connectivity index (χ2v) is 2.75. The average Bonchev–Trinajstić information content (AvgIpc) is 2.00. The van der Waals surface area contributed by atoms with Crippen molar-refractivity contribution >= 4 is 6.41 Å². The third-order valence-electron chi connectivity index (χ3n) is 1.44. The fraction of sp³-hybridized carbons (Fsp3) is 0.625. The van der Waals surface area contributed by atoms with E-state index in [-0.39, 0.29) is 0 Å². The quantitative estimate of drug-likeness (QED) is 0.453. The number of aliphatic hydroxyl groups is 1. The molecule has 1 amide bonds. The molecule has 0 aliphatic rings. The molecule has 0 aromatic rings. The largest absolute Gasteiger partial charge is 0.378 e. The Labute approximate surface area is 67.0 Å². The second-order valence-electron chi connectivity index (χ2n) is 2.75. The lowest BCUT2D eigenvalue weighted by molar-refractivity contribution is -0.117. The molecule has 0 aromatic carbocycles. The van der Waals surface area contributed by atoms with E-state index in [1.54, 1.807) is 14.0 Å². The molecule has 0 aromatic heterocycles. The zero-order chi connectivity index (χ0) is 8.91. The predicted molar refractivity (Wildman–Crippen MR) is 42.8 cm³/mol. The Morgan fingerprint density at radius 3 is 2.73 bits per heavy atom. The Kier molecular flexibility index (Phi) is 3.63. The smallest absolute Gasteiger partial charge is 0.209 e. The van der Waals surface area contributed by atoms with Gasteiger partial charge in [0, 0.05) is 20.0 Å². The molecule has 1 atom stereocenters. The molecule has 62 valence electrons. The van der Waals surface area contributed by atoms with Crippen LogP contribution in [0.1, 0.15) is 13.3 Å². The highest BCUT2D eigenvalue weighted by Gasteiger charge is 2.15. The van der Waals surface area contributed by atoms with Crippen molar-refractivity contribution in [2.24, 2.45) is 0 Å². The van der Waals surface area contributed by atoms with Crippen LogP contribution in [0.3, 0.4) is 0 Å². The normalized spacial score (nSPS) is 14.7. The maximum atomic E-state index is 10.1. The summed E-state index contributed by atoms with van der Waals surface area (Å²) < 4.78 is 0. The summed E-state index contributed by atoms with van der Waals surface area (Å²) in [5, 5.41) is 9.29. The number of carbonyl (C=O) groups excluding carboxylic acids is 1. The van der Waals surface area contributed by atoms with Gasteiger partial charge in [0.15, 0.2) is 0 Å². The van der Waals surface area contributed by atoms with Crippen molar-refractivity contribution in [3.63, 3.8) is 0 Å². The lowest BCUT2D eigenvalue weighted by atomic mass is 10.0. The van der Waals surface area contributed by atoms with E-state index in [0.29, 0.717) is 19.4 Å². The van der Waals surface area contributed by atoms with Gasteiger partial charge in [-0.1, -0.05) is 5.92 Å². The lowest BCUT2D eigenvalue weighted by Gasteiger charge is -2.18. The van der Waals surface area contributed by atoms with Crippen LogP contribution >= 0.6 is 0 Å². The molecule has 0 fully saturated rings. The first-order valence-corrected chi connectivity index (χ1v) is 3.37. The number of terminal acetylenes is 1. The third kappa shape index (κ3) is 4.40. The molecule has 0 radical (unpaired) electrons. The van der Waals surface area contributed by atoms with Crippen LogP contribution in [0.15, 0.2) is 0 Å². The first-order chi connectivity index (χ1) is 5.02. The van der Waals surface area contributed by atoms with E-state index in [2.05, 4.69) is 5.92 Å². The Morgan fingerprint density at radius 1 is 1.82 bits per heavy atom. The van der Waals surface area contributed by atoms with Crippen molar-refractivity contribution in [2.75, 3.05) is 13.6 Å². The monoisotopic (exact) mass is 155 g/mol. The molecule has 0 rings (SSSR count). The maximum absolute atomic E-state index is 10.1. The van der Waals surface area contributed by atoms with Gasteiger partial charge in [-0.25, -0.2) is 0 Å². The Hall–Kier alpha value is -1.01. The molecule has 0 heterocycles. The number of nitrogens with zero attached hydrogens (tertiary/aromatic N) is 1. The number of hydrogen-bond acceptors (Lipinski definition) is 2. The number of hydrogen-bond donors (Lipinski definition) is 1. The van der Waals surface area contributed by atoms with Gasteiger partial charge < -0.3 is 10.0 Å². The van der Waals surface area contributed by atoms with E-state index in [0.717, 1.165) is 0 Å². The molecular formula is C8H13NO2. The molecule has 3 nitrogen and oxygen atoms in total. The van der Waals surface area contributed by atoms with Crippen molar-refractivity contribution in [1.29, 1.82) is 0 Å². The number of amides is 1. The van der Waals surface area contributed by atoms with Gasteiger partial charge in [-0.3, -0.25) is 4.79 Å². The average molecular weight is 155 g/mol. The maximum Gasteiger partial charge on any atom is 0.209 e. The Morgan fingerprint density at radius 2 is 2.36 bits per heavy atom. The molecule has 0 bridgehead atoms. The molecule has 0 aliphatic carbocycles. The minimum absolute atomic E-state index is 0.402. The summed E-state index contributed by atoms with van der Waals surface area (Å²) in [6.45, 7) is 2.02. The zero-order valence-electron chi connectivity index (χ0n) is 6.87. The topological polar surface area (TPSA) is 40.5 Å². The number of rotatable bonds is 4. The Balaban J connectivity index is 3.71. The summed E-state index contributed by atoms with van der Waals surface area (Å²) in [6, 6.07) is 0. The van der Waals surface area contributed by atoms with Crippen molar-refractivity contribution in [1.82, 2.24) is 4.90 Å². The van der Waals surface area contributed by atoms with Gasteiger partial charge in [-0.2, -0.15) is 0 Å². The lowest BCUT2D eigenvalue weighted by Crippen LogP contribution is -2.28. The summed E-state index contributed by atoms with van der Waals surface area (Å²) in [6.07, 6.45) is 6.13. The molecule has 0 saturated heterocycles. The van der Waals surface area contributed by atoms with Crippen LogP contribution in [-0.4, -0.2) is 35.6 Å². The molecule has 1 N–H and O–H groups in total. The zero-order valence-corrected chi connectivity index (χ0v) is 6.87. The SMILES string of the molecule is C#CC(C)(O)CCN(C)C=O. The van der Waals surface area contributed by atoms with Gasteiger partial charge in [0.2, 0.25) is 6.41 Å². The minimum Gasteiger partial charge on any atom is -0.378 e. The molecule has 0 saturated carbocycles. The van der Waals surface area contributed by atoms with Crippen molar-refractivity contribution < 1.29 is 9.90 Å². The fourth-order valence-corrected chi connectivity index (χ4v) is 0.519. The highest BCUT2D eigenvalue weighted by Crippen LogP contribution is 2.06. The summed E-state index contributed by atoms with van der Waals surface area (Å²) in [7, 11) is 1.64. The van der Waals surface area contributed by atoms with Gasteiger partial charge >= 0.3 is 0 Å². The molecule has 11 heavy (non-hydrogen) atoms. The summed E-state index contributed by atoms with van der Waals surface area (Å²) >= 11 is 0. The van der Waals surface area contributed by atoms with Gasteiger partial charge in [-0.05, 0) is 6.92 Å². The van der Waals surface area contributed by atoms with Crippen LogP contribution < -0.4 is 0 Å². The van der Waals surface area contributed by atoms with E-state index in [4.69, 9.17) is 6.42 Å². The summed E-state index contributed by atoms with van der Waals surface area (Å²) in [5.41, 5.74) is -1.10. The van der Waals surface area contributed by atoms with Gasteiger partial charge in [-0.15, -0.1) is 6.42 Å². The van der Waals surface area contributed by atoms with Crippen molar-refractivity contribution in [2.45, 2.75) is 18.9 Å². The molecule has 0 aliphatic heterocycles. The van der Waals surface area contributed by atoms with E-state index in [1.807, 2.05) is 0 Å². The minimum atomic E-state index is -1.10. The Bertz CT molecular complexity index is 169. The molecular weight excluding hydrogens is 142 g/mol.